The Labute approximate surface area is 191 Å². The molecule has 8 nitrogen and oxygen atoms in total. The van der Waals surface area contributed by atoms with Crippen molar-refractivity contribution >= 4 is 51.3 Å². The first-order valence-electron chi connectivity index (χ1n) is 9.33. The number of aromatic nitrogens is 2. The standard InChI is InChI=1S/C22H15ClN4O4S/c1-13-6-8-14(9-7-13)24-20(28)22-26-25-21(32-22)17(23)12-15-10-11-19(31-15)16-4-2-3-5-18(16)27(29)30/h2-12H,1H3,(H,24,28)/b17-12-. The molecule has 1 N–H and O–H groups in total. The van der Waals surface area contributed by atoms with E-state index in [1.54, 1.807) is 42.5 Å². The average Bonchev–Trinajstić information content (AvgIpc) is 3.45. The summed E-state index contributed by atoms with van der Waals surface area (Å²) in [5.41, 5.74) is 2.04. The van der Waals surface area contributed by atoms with Crippen molar-refractivity contribution in [3.05, 3.63) is 92.1 Å². The van der Waals surface area contributed by atoms with Gasteiger partial charge in [0.15, 0.2) is 5.01 Å². The van der Waals surface area contributed by atoms with E-state index in [1.165, 1.54) is 12.1 Å². The summed E-state index contributed by atoms with van der Waals surface area (Å²) in [6.07, 6.45) is 1.52. The Hall–Kier alpha value is -3.82. The predicted molar refractivity (Wildman–Crippen MR) is 124 cm³/mol. The fraction of sp³-hybridized carbons (Fsp3) is 0.0455. The Bertz CT molecular complexity index is 1330. The Morgan fingerprint density at radius 2 is 1.81 bits per heavy atom. The zero-order valence-electron chi connectivity index (χ0n) is 16.6. The maximum Gasteiger partial charge on any atom is 0.286 e. The molecule has 0 aliphatic heterocycles. The number of amides is 1. The van der Waals surface area contributed by atoms with Crippen LogP contribution in [0.25, 0.3) is 22.4 Å². The summed E-state index contributed by atoms with van der Waals surface area (Å²) in [4.78, 5) is 23.2. The molecule has 2 aromatic carbocycles. The Morgan fingerprint density at radius 3 is 2.56 bits per heavy atom. The van der Waals surface area contributed by atoms with Gasteiger partial charge in [0.25, 0.3) is 11.6 Å². The molecule has 32 heavy (non-hydrogen) atoms. The smallest absolute Gasteiger partial charge is 0.286 e. The first-order chi connectivity index (χ1) is 15.4. The maximum atomic E-state index is 12.4. The van der Waals surface area contributed by atoms with Gasteiger partial charge in [0.05, 0.1) is 15.5 Å². The number of furan rings is 1. The van der Waals surface area contributed by atoms with Gasteiger partial charge in [-0.25, -0.2) is 0 Å². The number of hydrogen-bond acceptors (Lipinski definition) is 7. The minimum absolute atomic E-state index is 0.0585. The lowest BCUT2D eigenvalue weighted by Crippen LogP contribution is -2.11. The minimum atomic E-state index is -0.467. The molecule has 0 aliphatic rings. The van der Waals surface area contributed by atoms with E-state index in [2.05, 4.69) is 15.5 Å². The second kappa shape index (κ2) is 9.13. The highest BCUT2D eigenvalue weighted by Crippen LogP contribution is 2.32. The summed E-state index contributed by atoms with van der Waals surface area (Å²) in [5, 5.41) is 22.6. The highest BCUT2D eigenvalue weighted by atomic mass is 35.5. The topological polar surface area (TPSA) is 111 Å². The zero-order valence-corrected chi connectivity index (χ0v) is 18.2. The van der Waals surface area contributed by atoms with E-state index < -0.39 is 10.8 Å². The lowest BCUT2D eigenvalue weighted by Gasteiger charge is -2.02. The molecule has 0 bridgehead atoms. The van der Waals surface area contributed by atoms with Crippen LogP contribution in [0.1, 0.15) is 26.1 Å². The molecule has 4 aromatic rings. The molecule has 0 unspecified atom stereocenters. The number of para-hydroxylation sites is 1. The van der Waals surface area contributed by atoms with E-state index in [4.69, 9.17) is 16.0 Å². The molecule has 2 aromatic heterocycles. The molecule has 0 saturated carbocycles. The van der Waals surface area contributed by atoms with Crippen LogP contribution in [0.4, 0.5) is 11.4 Å². The lowest BCUT2D eigenvalue weighted by atomic mass is 10.1. The van der Waals surface area contributed by atoms with Gasteiger partial charge in [0.2, 0.25) is 5.01 Å². The summed E-state index contributed by atoms with van der Waals surface area (Å²) < 4.78 is 5.71. The number of halogens is 1. The molecule has 1 amide bonds. The summed E-state index contributed by atoms with van der Waals surface area (Å²) >= 11 is 7.38. The number of nitrogens with one attached hydrogen (secondary N) is 1. The van der Waals surface area contributed by atoms with E-state index in [1.807, 2.05) is 19.1 Å². The van der Waals surface area contributed by atoms with Crippen molar-refractivity contribution in [3.63, 3.8) is 0 Å². The molecular weight excluding hydrogens is 452 g/mol. The van der Waals surface area contributed by atoms with Crippen LogP contribution in [0.15, 0.2) is 65.1 Å². The highest BCUT2D eigenvalue weighted by Gasteiger charge is 2.18. The summed E-state index contributed by atoms with van der Waals surface area (Å²) in [6.45, 7) is 1.96. The number of benzene rings is 2. The van der Waals surface area contributed by atoms with Gasteiger partial charge >= 0.3 is 0 Å². The van der Waals surface area contributed by atoms with E-state index in [0.717, 1.165) is 16.9 Å². The number of aryl methyl sites for hydroxylation is 1. The van der Waals surface area contributed by atoms with Crippen LogP contribution in [-0.2, 0) is 0 Å². The van der Waals surface area contributed by atoms with Gasteiger partial charge in [-0.2, -0.15) is 0 Å². The fourth-order valence-electron chi connectivity index (χ4n) is 2.84. The highest BCUT2D eigenvalue weighted by molar-refractivity contribution is 7.15. The van der Waals surface area contributed by atoms with Crippen LogP contribution >= 0.6 is 22.9 Å². The molecular formula is C22H15ClN4O4S. The minimum Gasteiger partial charge on any atom is -0.456 e. The van der Waals surface area contributed by atoms with Crippen LogP contribution in [0.3, 0.4) is 0 Å². The van der Waals surface area contributed by atoms with E-state index in [0.29, 0.717) is 27.8 Å². The number of hydrogen-bond donors (Lipinski definition) is 1. The number of carbonyl (C=O) groups is 1. The first-order valence-corrected chi connectivity index (χ1v) is 10.5. The molecule has 160 valence electrons. The van der Waals surface area contributed by atoms with Gasteiger partial charge in [-0.1, -0.05) is 52.8 Å². The Kier molecular flexibility index (Phi) is 6.11. The second-order valence-electron chi connectivity index (χ2n) is 6.70. The zero-order chi connectivity index (χ0) is 22.7. The molecule has 0 radical (unpaired) electrons. The van der Waals surface area contributed by atoms with Gasteiger partial charge in [-0.3, -0.25) is 14.9 Å². The normalized spacial score (nSPS) is 11.4. The third-order valence-electron chi connectivity index (χ3n) is 4.39. The molecule has 0 atom stereocenters. The van der Waals surface area contributed by atoms with Gasteiger partial charge < -0.3 is 9.73 Å². The molecule has 0 saturated heterocycles. The monoisotopic (exact) mass is 466 g/mol. The van der Waals surface area contributed by atoms with Crippen LogP contribution < -0.4 is 5.32 Å². The average molecular weight is 467 g/mol. The van der Waals surface area contributed by atoms with Crippen LogP contribution in [0, 0.1) is 17.0 Å². The summed E-state index contributed by atoms with van der Waals surface area (Å²) in [7, 11) is 0. The maximum absolute atomic E-state index is 12.4. The van der Waals surface area contributed by atoms with E-state index in [9.17, 15) is 14.9 Å². The quantitative estimate of drug-likeness (QED) is 0.275. The molecule has 0 spiro atoms. The molecule has 2 heterocycles. The van der Waals surface area contributed by atoms with Crippen molar-refractivity contribution in [3.8, 4) is 11.3 Å². The van der Waals surface area contributed by atoms with Crippen molar-refractivity contribution in [1.82, 2.24) is 10.2 Å². The predicted octanol–water partition coefficient (Wildman–Crippen LogP) is 6.00. The third-order valence-corrected chi connectivity index (χ3v) is 5.75. The van der Waals surface area contributed by atoms with Crippen molar-refractivity contribution in [2.45, 2.75) is 6.92 Å². The summed E-state index contributed by atoms with van der Waals surface area (Å²) in [5.74, 6) is 0.325. The largest absolute Gasteiger partial charge is 0.456 e. The van der Waals surface area contributed by atoms with Gasteiger partial charge in [0.1, 0.15) is 11.5 Å². The van der Waals surface area contributed by atoms with Gasteiger partial charge in [-0.05, 0) is 37.3 Å². The van der Waals surface area contributed by atoms with Crippen LogP contribution in [0.2, 0.25) is 0 Å². The number of nitro groups is 1. The van der Waals surface area contributed by atoms with Crippen molar-refractivity contribution < 1.29 is 14.1 Å². The fourth-order valence-corrected chi connectivity index (χ4v) is 3.74. The molecule has 10 heteroatoms. The molecule has 4 rings (SSSR count). The van der Waals surface area contributed by atoms with Crippen molar-refractivity contribution in [2.75, 3.05) is 5.32 Å². The SMILES string of the molecule is Cc1ccc(NC(=O)c2nnc(/C(Cl)=C/c3ccc(-c4ccccc4[N+](=O)[O-])o3)s2)cc1. The number of nitro benzene ring substituents is 1. The molecule has 0 fully saturated rings. The van der Waals surface area contributed by atoms with Crippen LogP contribution in [-0.4, -0.2) is 21.0 Å². The number of nitrogens with zero attached hydrogens (tertiary/aromatic N) is 3. The third kappa shape index (κ3) is 4.74. The van der Waals surface area contributed by atoms with E-state index >= 15 is 0 Å². The van der Waals surface area contributed by atoms with Gasteiger partial charge in [-0.15, -0.1) is 10.2 Å². The number of anilines is 1. The Balaban J connectivity index is 1.51. The first kappa shape index (κ1) is 21.4. The van der Waals surface area contributed by atoms with Crippen molar-refractivity contribution in [2.24, 2.45) is 0 Å². The number of rotatable bonds is 6. The number of carbonyl (C=O) groups excluding carboxylic acids is 1. The van der Waals surface area contributed by atoms with Gasteiger partial charge in [0, 0.05) is 17.8 Å². The Morgan fingerprint density at radius 1 is 1.09 bits per heavy atom. The van der Waals surface area contributed by atoms with E-state index in [-0.39, 0.29) is 15.7 Å². The molecule has 0 aliphatic carbocycles. The summed E-state index contributed by atoms with van der Waals surface area (Å²) in [6, 6.07) is 16.9. The van der Waals surface area contributed by atoms with Crippen LogP contribution in [0.5, 0.6) is 0 Å². The lowest BCUT2D eigenvalue weighted by molar-refractivity contribution is -0.384. The van der Waals surface area contributed by atoms with Crippen molar-refractivity contribution in [1.29, 1.82) is 0 Å². The second-order valence-corrected chi connectivity index (χ2v) is 8.09.